The van der Waals surface area contributed by atoms with Gasteiger partial charge in [0.25, 0.3) is 0 Å². The number of carboxylic acid groups (broad SMARTS) is 2. The third-order valence-electron chi connectivity index (χ3n) is 1.57. The van der Waals surface area contributed by atoms with Crippen LogP contribution in [0.1, 0.15) is 20.7 Å². The van der Waals surface area contributed by atoms with Crippen LogP contribution in [0.2, 0.25) is 0 Å². The van der Waals surface area contributed by atoms with E-state index in [9.17, 15) is 19.8 Å². The van der Waals surface area contributed by atoms with Gasteiger partial charge in [-0.05, 0) is 12.1 Å². The van der Waals surface area contributed by atoms with Crippen molar-refractivity contribution in [2.45, 2.75) is 0 Å². The molecule has 0 atom stereocenters. The van der Waals surface area contributed by atoms with Gasteiger partial charge in [0.05, 0.1) is 11.1 Å². The maximum Gasteiger partial charge on any atom is 2.00 e. The van der Waals surface area contributed by atoms with Crippen LogP contribution in [0, 0.1) is 0 Å². The number of rotatable bonds is 2. The van der Waals surface area contributed by atoms with E-state index in [1.807, 2.05) is 0 Å². The summed E-state index contributed by atoms with van der Waals surface area (Å²) in [6, 6.07) is 1.60. The first kappa shape index (κ1) is 13.4. The first-order valence-corrected chi connectivity index (χ1v) is 3.42. The standard InChI is InChI=1S/C8H6O6.Zn/c9-5-3(7(11)12)1-2-4(6(5)10)8(13)14;/h1-2,9-10H,(H,11,12)(H,13,14);/q;+2/p-2. The van der Waals surface area contributed by atoms with Crippen LogP contribution in [-0.2, 0) is 19.5 Å². The van der Waals surface area contributed by atoms with Gasteiger partial charge in [-0.15, -0.1) is 11.5 Å². The Hall–Kier alpha value is -1.62. The topological polar surface area (TPSA) is 121 Å². The van der Waals surface area contributed by atoms with E-state index in [0.29, 0.717) is 0 Å². The van der Waals surface area contributed by atoms with Gasteiger partial charge >= 0.3 is 31.4 Å². The van der Waals surface area contributed by atoms with Gasteiger partial charge in [0.1, 0.15) is 0 Å². The van der Waals surface area contributed by atoms with Crippen LogP contribution in [0.4, 0.5) is 0 Å². The second-order valence-electron chi connectivity index (χ2n) is 2.43. The van der Waals surface area contributed by atoms with Crippen molar-refractivity contribution in [3.8, 4) is 11.5 Å². The molecule has 0 bridgehead atoms. The van der Waals surface area contributed by atoms with E-state index in [1.165, 1.54) is 0 Å². The summed E-state index contributed by atoms with van der Waals surface area (Å²) in [5, 5.41) is 38.8. The normalized spacial score (nSPS) is 9.07. The van der Waals surface area contributed by atoms with Crippen LogP contribution in [-0.4, -0.2) is 22.2 Å². The van der Waals surface area contributed by atoms with Gasteiger partial charge in [-0.25, -0.2) is 9.59 Å². The fourth-order valence-electron chi connectivity index (χ4n) is 0.899. The molecule has 0 spiro atoms. The Labute approximate surface area is 96.5 Å². The number of hydrogen-bond acceptors (Lipinski definition) is 4. The van der Waals surface area contributed by atoms with E-state index in [4.69, 9.17) is 10.2 Å². The minimum Gasteiger partial charge on any atom is -0.872 e. The molecule has 0 aromatic heterocycles. The molecule has 0 fully saturated rings. The molecule has 0 unspecified atom stereocenters. The summed E-state index contributed by atoms with van der Waals surface area (Å²) in [7, 11) is 0. The molecular formula is C8H4O6Zn. The molecule has 0 aliphatic carbocycles. The number of hydrogen-bond donors (Lipinski definition) is 2. The van der Waals surface area contributed by atoms with Gasteiger partial charge in [-0.2, -0.15) is 0 Å². The zero-order chi connectivity index (χ0) is 10.9. The molecule has 1 aromatic carbocycles. The molecule has 0 aliphatic heterocycles. The quantitative estimate of drug-likeness (QED) is 0.674. The number of benzene rings is 1. The fourth-order valence-corrected chi connectivity index (χ4v) is 0.899. The maximum absolute atomic E-state index is 11.0. The van der Waals surface area contributed by atoms with Crippen molar-refractivity contribution in [3.63, 3.8) is 0 Å². The van der Waals surface area contributed by atoms with Crippen LogP contribution in [0.25, 0.3) is 0 Å². The Morgan fingerprint density at radius 2 is 1.20 bits per heavy atom. The fraction of sp³-hybridized carbons (Fsp3) is 0. The molecule has 0 aliphatic rings. The molecule has 2 N–H and O–H groups in total. The molecule has 0 saturated carbocycles. The van der Waals surface area contributed by atoms with Crippen LogP contribution in [0.5, 0.6) is 11.5 Å². The average Bonchev–Trinajstić information content (AvgIpc) is 2.08. The predicted molar refractivity (Wildman–Crippen MR) is 39.3 cm³/mol. The van der Waals surface area contributed by atoms with Gasteiger partial charge in [0.2, 0.25) is 0 Å². The van der Waals surface area contributed by atoms with Crippen molar-refractivity contribution in [2.24, 2.45) is 0 Å². The summed E-state index contributed by atoms with van der Waals surface area (Å²) in [5.41, 5.74) is -1.44. The first-order valence-electron chi connectivity index (χ1n) is 3.42. The third-order valence-corrected chi connectivity index (χ3v) is 1.57. The van der Waals surface area contributed by atoms with Gasteiger partial charge in [-0.1, -0.05) is 0 Å². The Balaban J connectivity index is 0.00000196. The number of carboxylic acids is 2. The second-order valence-corrected chi connectivity index (χ2v) is 2.43. The Morgan fingerprint density at radius 1 is 0.933 bits per heavy atom. The monoisotopic (exact) mass is 260 g/mol. The summed E-state index contributed by atoms with van der Waals surface area (Å²) in [6.07, 6.45) is 0. The van der Waals surface area contributed by atoms with Gasteiger partial charge in [0, 0.05) is 0 Å². The van der Waals surface area contributed by atoms with Gasteiger partial charge in [-0.3, -0.25) is 0 Å². The second kappa shape index (κ2) is 4.75. The zero-order valence-electron chi connectivity index (χ0n) is 7.39. The van der Waals surface area contributed by atoms with Crippen molar-refractivity contribution in [1.82, 2.24) is 0 Å². The van der Waals surface area contributed by atoms with Crippen molar-refractivity contribution < 1.29 is 49.5 Å². The summed E-state index contributed by atoms with van der Waals surface area (Å²) < 4.78 is 0. The minimum atomic E-state index is -1.55. The Kier molecular flexibility index (Phi) is 4.24. The van der Waals surface area contributed by atoms with E-state index in [-0.39, 0.29) is 19.5 Å². The Bertz CT molecular complexity index is 375. The molecule has 15 heavy (non-hydrogen) atoms. The molecular weight excluding hydrogens is 257 g/mol. The number of carbonyl (C=O) groups is 2. The summed E-state index contributed by atoms with van der Waals surface area (Å²) >= 11 is 0. The van der Waals surface area contributed by atoms with E-state index in [0.717, 1.165) is 12.1 Å². The van der Waals surface area contributed by atoms with E-state index in [2.05, 4.69) is 0 Å². The molecule has 0 radical (unpaired) electrons. The molecule has 1 rings (SSSR count). The van der Waals surface area contributed by atoms with E-state index in [1.54, 1.807) is 0 Å². The van der Waals surface area contributed by atoms with Crippen LogP contribution in [0.15, 0.2) is 12.1 Å². The smallest absolute Gasteiger partial charge is 0.872 e. The molecule has 74 valence electrons. The average molecular weight is 262 g/mol. The first-order chi connectivity index (χ1) is 6.45. The van der Waals surface area contributed by atoms with Crippen LogP contribution in [0.3, 0.4) is 0 Å². The van der Waals surface area contributed by atoms with Crippen molar-refractivity contribution >= 4 is 11.9 Å². The Morgan fingerprint density at radius 3 is 1.40 bits per heavy atom. The zero-order valence-corrected chi connectivity index (χ0v) is 10.4. The van der Waals surface area contributed by atoms with Gasteiger partial charge in [0.15, 0.2) is 0 Å². The molecule has 7 heteroatoms. The molecule has 0 heterocycles. The molecule has 0 amide bonds. The van der Waals surface area contributed by atoms with E-state index < -0.39 is 34.6 Å². The van der Waals surface area contributed by atoms with Crippen molar-refractivity contribution in [3.05, 3.63) is 23.3 Å². The summed E-state index contributed by atoms with van der Waals surface area (Å²) in [5.74, 6) is -5.72. The van der Waals surface area contributed by atoms with Crippen LogP contribution >= 0.6 is 0 Å². The largest absolute Gasteiger partial charge is 2.00 e. The summed E-state index contributed by atoms with van der Waals surface area (Å²) in [4.78, 5) is 20.7. The summed E-state index contributed by atoms with van der Waals surface area (Å²) in [6.45, 7) is 0. The molecule has 1 aromatic rings. The van der Waals surface area contributed by atoms with Gasteiger partial charge < -0.3 is 20.4 Å². The SMILES string of the molecule is O=C(O)c1ccc(C(=O)O)c([O-])c1[O-].[Zn+2]. The predicted octanol–water partition coefficient (Wildman–Crippen LogP) is -0.772. The number of aromatic carboxylic acids is 2. The van der Waals surface area contributed by atoms with E-state index >= 15 is 0 Å². The molecule has 6 nitrogen and oxygen atoms in total. The molecule has 0 saturated heterocycles. The van der Waals surface area contributed by atoms with Crippen molar-refractivity contribution in [2.75, 3.05) is 0 Å². The minimum absolute atomic E-state index is 0. The maximum atomic E-state index is 11.0. The van der Waals surface area contributed by atoms with Crippen LogP contribution < -0.4 is 10.2 Å². The van der Waals surface area contributed by atoms with Crippen molar-refractivity contribution in [1.29, 1.82) is 0 Å². The third kappa shape index (κ3) is 2.44.